The Bertz CT molecular complexity index is 492. The van der Waals surface area contributed by atoms with Gasteiger partial charge >= 0.3 is 0 Å². The zero-order valence-corrected chi connectivity index (χ0v) is 12.2. The molecule has 1 saturated carbocycles. The number of piperidine rings is 1. The lowest BCUT2D eigenvalue weighted by Gasteiger charge is -2.39. The Hall–Kier alpha value is -1.69. The van der Waals surface area contributed by atoms with Gasteiger partial charge in [-0.3, -0.25) is 4.79 Å². The summed E-state index contributed by atoms with van der Waals surface area (Å²) in [6, 6.07) is 1.78. The van der Waals surface area contributed by atoms with Gasteiger partial charge in [0, 0.05) is 31.9 Å². The van der Waals surface area contributed by atoms with Crippen molar-refractivity contribution in [3.63, 3.8) is 0 Å². The molecule has 1 aliphatic heterocycles. The van der Waals surface area contributed by atoms with Gasteiger partial charge in [0.25, 0.3) is 0 Å². The van der Waals surface area contributed by atoms with E-state index in [1.54, 1.807) is 18.5 Å². The van der Waals surface area contributed by atoms with E-state index >= 15 is 0 Å². The Morgan fingerprint density at radius 2 is 2.19 bits per heavy atom. The summed E-state index contributed by atoms with van der Waals surface area (Å²) in [5.74, 6) is 1.26. The van der Waals surface area contributed by atoms with Gasteiger partial charge in [0.15, 0.2) is 0 Å². The lowest BCUT2D eigenvalue weighted by Crippen LogP contribution is -2.54. The first-order chi connectivity index (χ1) is 10.1. The fraction of sp³-hybridized carbons (Fsp3) is 0.667. The second-order valence-corrected chi connectivity index (χ2v) is 6.22. The van der Waals surface area contributed by atoms with E-state index in [1.807, 2.05) is 4.90 Å². The standard InChI is InChI=1S/C15H22N4O2/c20-13(9-12-3-4-12)18-10-15(21)5-1-8-19(11-15)14-16-6-2-7-17-14/h2,6-7,12,21H,1,3-5,8-11H2,(H,18,20). The van der Waals surface area contributed by atoms with Crippen LogP contribution in [0.3, 0.4) is 0 Å². The van der Waals surface area contributed by atoms with E-state index in [-0.39, 0.29) is 5.91 Å². The van der Waals surface area contributed by atoms with Crippen LogP contribution in [0.5, 0.6) is 0 Å². The average molecular weight is 290 g/mol. The number of carbonyl (C=O) groups is 1. The molecule has 1 unspecified atom stereocenters. The topological polar surface area (TPSA) is 78.4 Å². The Labute approximate surface area is 124 Å². The number of aromatic nitrogens is 2. The summed E-state index contributed by atoms with van der Waals surface area (Å²) in [5, 5.41) is 13.6. The summed E-state index contributed by atoms with van der Waals surface area (Å²) in [4.78, 5) is 22.2. The minimum Gasteiger partial charge on any atom is -0.386 e. The van der Waals surface area contributed by atoms with E-state index in [1.165, 1.54) is 0 Å². The van der Waals surface area contributed by atoms with Crippen LogP contribution in [0.1, 0.15) is 32.1 Å². The van der Waals surface area contributed by atoms with Gasteiger partial charge < -0.3 is 15.3 Å². The lowest BCUT2D eigenvalue weighted by molar-refractivity contribution is -0.122. The van der Waals surface area contributed by atoms with Crippen molar-refractivity contribution in [2.45, 2.75) is 37.7 Å². The van der Waals surface area contributed by atoms with Crippen molar-refractivity contribution in [3.05, 3.63) is 18.5 Å². The maximum atomic E-state index is 11.8. The van der Waals surface area contributed by atoms with Crippen molar-refractivity contribution in [2.75, 3.05) is 24.5 Å². The third-order valence-corrected chi connectivity index (χ3v) is 4.18. The molecule has 6 nitrogen and oxygen atoms in total. The highest BCUT2D eigenvalue weighted by Gasteiger charge is 2.35. The maximum absolute atomic E-state index is 11.8. The van der Waals surface area contributed by atoms with Crippen LogP contribution in [0.2, 0.25) is 0 Å². The van der Waals surface area contributed by atoms with Crippen molar-refractivity contribution >= 4 is 11.9 Å². The summed E-state index contributed by atoms with van der Waals surface area (Å²) in [6.45, 7) is 1.60. The molecule has 0 bridgehead atoms. The summed E-state index contributed by atoms with van der Waals surface area (Å²) in [6.07, 6.45) is 7.89. The summed E-state index contributed by atoms with van der Waals surface area (Å²) < 4.78 is 0. The number of nitrogens with zero attached hydrogens (tertiary/aromatic N) is 3. The molecular weight excluding hydrogens is 268 g/mol. The minimum absolute atomic E-state index is 0.0546. The molecule has 0 aromatic carbocycles. The zero-order chi connectivity index (χ0) is 14.7. The molecule has 2 aliphatic rings. The summed E-state index contributed by atoms with van der Waals surface area (Å²) in [5.41, 5.74) is -0.892. The second-order valence-electron chi connectivity index (χ2n) is 6.22. The quantitative estimate of drug-likeness (QED) is 0.835. The molecule has 2 N–H and O–H groups in total. The van der Waals surface area contributed by atoms with Crippen LogP contribution in [0.4, 0.5) is 5.95 Å². The molecule has 114 valence electrons. The number of rotatable bonds is 5. The van der Waals surface area contributed by atoms with E-state index < -0.39 is 5.60 Å². The molecule has 1 aromatic rings. The SMILES string of the molecule is O=C(CC1CC1)NCC1(O)CCCN(c2ncccn2)C1. The smallest absolute Gasteiger partial charge is 0.225 e. The van der Waals surface area contributed by atoms with E-state index in [4.69, 9.17) is 0 Å². The Morgan fingerprint density at radius 3 is 2.90 bits per heavy atom. The molecule has 1 amide bonds. The molecule has 3 rings (SSSR count). The highest BCUT2D eigenvalue weighted by atomic mass is 16.3. The van der Waals surface area contributed by atoms with Crippen LogP contribution >= 0.6 is 0 Å². The number of anilines is 1. The molecule has 21 heavy (non-hydrogen) atoms. The van der Waals surface area contributed by atoms with Crippen molar-refractivity contribution in [2.24, 2.45) is 5.92 Å². The van der Waals surface area contributed by atoms with E-state index in [0.717, 1.165) is 25.8 Å². The van der Waals surface area contributed by atoms with Gasteiger partial charge in [0.05, 0.1) is 12.1 Å². The molecule has 6 heteroatoms. The number of aliphatic hydroxyl groups is 1. The zero-order valence-electron chi connectivity index (χ0n) is 12.2. The van der Waals surface area contributed by atoms with Crippen molar-refractivity contribution in [1.82, 2.24) is 15.3 Å². The van der Waals surface area contributed by atoms with Crippen LogP contribution < -0.4 is 10.2 Å². The van der Waals surface area contributed by atoms with Crippen LogP contribution in [-0.2, 0) is 4.79 Å². The van der Waals surface area contributed by atoms with Gasteiger partial charge in [-0.25, -0.2) is 9.97 Å². The van der Waals surface area contributed by atoms with Gasteiger partial charge in [0.1, 0.15) is 0 Å². The molecular formula is C15H22N4O2. The van der Waals surface area contributed by atoms with Gasteiger partial charge in [-0.1, -0.05) is 0 Å². The van der Waals surface area contributed by atoms with Gasteiger partial charge in [0.2, 0.25) is 11.9 Å². The van der Waals surface area contributed by atoms with E-state index in [2.05, 4.69) is 15.3 Å². The van der Waals surface area contributed by atoms with Crippen LogP contribution in [0.25, 0.3) is 0 Å². The third-order valence-electron chi connectivity index (χ3n) is 4.18. The fourth-order valence-corrected chi connectivity index (χ4v) is 2.80. The normalized spacial score (nSPS) is 25.7. The van der Waals surface area contributed by atoms with Gasteiger partial charge in [-0.2, -0.15) is 0 Å². The molecule has 2 heterocycles. The highest BCUT2D eigenvalue weighted by molar-refractivity contribution is 5.76. The third kappa shape index (κ3) is 3.91. The number of carbonyl (C=O) groups excluding carboxylic acids is 1. The lowest BCUT2D eigenvalue weighted by atomic mass is 9.93. The number of nitrogens with one attached hydrogen (secondary N) is 1. The Morgan fingerprint density at radius 1 is 1.43 bits per heavy atom. The number of hydrogen-bond acceptors (Lipinski definition) is 5. The monoisotopic (exact) mass is 290 g/mol. The molecule has 0 radical (unpaired) electrons. The van der Waals surface area contributed by atoms with Gasteiger partial charge in [-0.15, -0.1) is 0 Å². The maximum Gasteiger partial charge on any atom is 0.225 e. The van der Waals surface area contributed by atoms with E-state index in [0.29, 0.717) is 37.8 Å². The minimum atomic E-state index is -0.892. The van der Waals surface area contributed by atoms with Crippen molar-refractivity contribution in [3.8, 4) is 0 Å². The number of hydrogen-bond donors (Lipinski definition) is 2. The molecule has 0 spiro atoms. The first kappa shape index (κ1) is 14.3. The Balaban J connectivity index is 1.54. The van der Waals surface area contributed by atoms with Crippen molar-refractivity contribution < 1.29 is 9.90 Å². The largest absolute Gasteiger partial charge is 0.386 e. The second kappa shape index (κ2) is 5.97. The molecule has 2 fully saturated rings. The average Bonchev–Trinajstić information content (AvgIpc) is 3.30. The first-order valence-corrected chi connectivity index (χ1v) is 7.66. The van der Waals surface area contributed by atoms with Crippen LogP contribution in [-0.4, -0.2) is 46.2 Å². The predicted octanol–water partition coefficient (Wildman–Crippen LogP) is 0.724. The van der Waals surface area contributed by atoms with Gasteiger partial charge in [-0.05, 0) is 37.7 Å². The molecule has 1 aliphatic carbocycles. The van der Waals surface area contributed by atoms with Crippen LogP contribution in [0, 0.1) is 5.92 Å². The van der Waals surface area contributed by atoms with Crippen molar-refractivity contribution in [1.29, 1.82) is 0 Å². The molecule has 1 saturated heterocycles. The van der Waals surface area contributed by atoms with Crippen LogP contribution in [0.15, 0.2) is 18.5 Å². The first-order valence-electron chi connectivity index (χ1n) is 7.66. The summed E-state index contributed by atoms with van der Waals surface area (Å²) >= 11 is 0. The molecule has 1 aromatic heterocycles. The summed E-state index contributed by atoms with van der Waals surface area (Å²) in [7, 11) is 0. The predicted molar refractivity (Wildman–Crippen MR) is 78.8 cm³/mol. The number of amides is 1. The fourth-order valence-electron chi connectivity index (χ4n) is 2.80. The highest BCUT2D eigenvalue weighted by Crippen LogP contribution is 2.32. The Kier molecular flexibility index (Phi) is 4.05. The van der Waals surface area contributed by atoms with E-state index in [9.17, 15) is 9.90 Å². The molecule has 1 atom stereocenters. The number of β-amino-alcohol motifs (C(OH)–C–C–N with tert-alkyl or cyclic N) is 1.